The molecule has 2 nitrogen and oxygen atoms in total. The van der Waals surface area contributed by atoms with E-state index in [-0.39, 0.29) is 0 Å². The first-order valence-electron chi connectivity index (χ1n) is 7.34. The molecular weight excluding hydrogens is 426 g/mol. The van der Waals surface area contributed by atoms with Crippen molar-refractivity contribution in [1.82, 2.24) is 0 Å². The van der Waals surface area contributed by atoms with Crippen LogP contribution in [0.25, 0.3) is 10.1 Å². The molecule has 0 N–H and O–H groups in total. The lowest BCUT2D eigenvalue weighted by Gasteiger charge is -2.24. The molecule has 1 aromatic heterocycles. The maximum absolute atomic E-state index is 11.4. The standard InChI is InChI=1S/C17H18IO2PS/c1-17(20-21-18,9-8-12-6-7-14(19)10-12)16-11-13-4-2-3-5-15(13)22-16/h2-5,8-9,11-12,21H,6-7,10H2,1H3/b9-8+. The predicted octanol–water partition coefficient (Wildman–Crippen LogP) is 6.00. The number of fused-ring (bicyclic) bond motifs is 1. The highest BCUT2D eigenvalue weighted by Gasteiger charge is 2.28. The number of rotatable bonds is 5. The van der Waals surface area contributed by atoms with Crippen LogP contribution in [0.5, 0.6) is 0 Å². The number of Topliss-reactive ketones (excluding diaryl/α,β-unsaturated/α-hetero) is 1. The summed E-state index contributed by atoms with van der Waals surface area (Å²) in [5, 5.41) is 1.26. The summed E-state index contributed by atoms with van der Waals surface area (Å²) in [6.07, 6.45) is 6.73. The molecule has 1 aromatic carbocycles. The van der Waals surface area contributed by atoms with Gasteiger partial charge in [-0.1, -0.05) is 30.4 Å². The second-order valence-corrected chi connectivity index (χ2v) is 8.60. The highest BCUT2D eigenvalue weighted by molar-refractivity contribution is 14.2. The number of halogens is 1. The largest absolute Gasteiger partial charge is 0.336 e. The van der Waals surface area contributed by atoms with E-state index in [1.807, 2.05) is 0 Å². The van der Waals surface area contributed by atoms with Crippen LogP contribution in [0.15, 0.2) is 42.5 Å². The van der Waals surface area contributed by atoms with Crippen LogP contribution >= 0.6 is 39.8 Å². The summed E-state index contributed by atoms with van der Waals surface area (Å²) in [5.41, 5.74) is -0.408. The second-order valence-electron chi connectivity index (χ2n) is 5.84. The van der Waals surface area contributed by atoms with E-state index in [1.54, 1.807) is 11.3 Å². The van der Waals surface area contributed by atoms with Gasteiger partial charge in [0.1, 0.15) is 11.4 Å². The molecule has 1 aliphatic rings. The Labute approximate surface area is 149 Å². The normalized spacial score (nSPS) is 22.3. The zero-order valence-corrected chi connectivity index (χ0v) is 16.3. The molecule has 3 atom stereocenters. The number of carbonyl (C=O) groups is 1. The molecule has 0 saturated heterocycles. The van der Waals surface area contributed by atoms with E-state index in [2.05, 4.69) is 71.4 Å². The first kappa shape index (κ1) is 16.6. The number of carbonyl (C=O) groups excluding carboxylic acids is 1. The maximum atomic E-state index is 11.4. The summed E-state index contributed by atoms with van der Waals surface area (Å²) in [5.74, 6) is 0.761. The molecule has 22 heavy (non-hydrogen) atoms. The van der Waals surface area contributed by atoms with Gasteiger partial charge in [0, 0.05) is 22.4 Å². The molecule has 5 heteroatoms. The molecule has 0 amide bonds. The van der Waals surface area contributed by atoms with Gasteiger partial charge in [0.15, 0.2) is 0 Å². The molecule has 0 bridgehead atoms. The van der Waals surface area contributed by atoms with Gasteiger partial charge in [0.2, 0.25) is 0 Å². The van der Waals surface area contributed by atoms with Crippen LogP contribution < -0.4 is 0 Å². The first-order chi connectivity index (χ1) is 10.6. The summed E-state index contributed by atoms with van der Waals surface area (Å²) in [4.78, 5) is 12.6. The van der Waals surface area contributed by atoms with Crippen LogP contribution in [0.3, 0.4) is 0 Å². The summed E-state index contributed by atoms with van der Waals surface area (Å²) in [7, 11) is 0. The van der Waals surface area contributed by atoms with Gasteiger partial charge in [0.25, 0.3) is 0 Å². The Hall–Kier alpha value is -0.290. The van der Waals surface area contributed by atoms with Crippen molar-refractivity contribution >= 4 is 55.7 Å². The van der Waals surface area contributed by atoms with Crippen LogP contribution in [-0.2, 0) is 14.9 Å². The molecule has 1 saturated carbocycles. The van der Waals surface area contributed by atoms with Crippen molar-refractivity contribution < 1.29 is 9.32 Å². The van der Waals surface area contributed by atoms with Crippen molar-refractivity contribution in [2.24, 2.45) is 5.92 Å². The van der Waals surface area contributed by atoms with Crippen molar-refractivity contribution in [1.29, 1.82) is 0 Å². The van der Waals surface area contributed by atoms with E-state index in [0.29, 0.717) is 24.6 Å². The van der Waals surface area contributed by atoms with Crippen LogP contribution in [0.1, 0.15) is 31.1 Å². The SMILES string of the molecule is CC(/C=C/C1CCC(=O)C1)(OPI)c1cc2ccccc2s1. The fraction of sp³-hybridized carbons (Fsp3) is 0.353. The van der Waals surface area contributed by atoms with E-state index in [1.165, 1.54) is 15.0 Å². The monoisotopic (exact) mass is 444 g/mol. The minimum atomic E-state index is -0.408. The molecule has 1 aliphatic carbocycles. The molecule has 116 valence electrons. The molecule has 0 spiro atoms. The van der Waals surface area contributed by atoms with Gasteiger partial charge in [-0.2, -0.15) is 0 Å². The van der Waals surface area contributed by atoms with Crippen LogP contribution in [0, 0.1) is 5.92 Å². The summed E-state index contributed by atoms with van der Waals surface area (Å²) in [6.45, 7) is 2.52. The van der Waals surface area contributed by atoms with Crippen molar-refractivity contribution in [3.05, 3.63) is 47.4 Å². The average Bonchev–Trinajstić information content (AvgIpc) is 3.11. The van der Waals surface area contributed by atoms with Gasteiger partial charge < -0.3 is 4.52 Å². The van der Waals surface area contributed by atoms with Gasteiger partial charge in [-0.15, -0.1) is 11.3 Å². The second kappa shape index (κ2) is 7.08. The van der Waals surface area contributed by atoms with Crippen LogP contribution in [0.4, 0.5) is 0 Å². The Morgan fingerprint density at radius 1 is 1.45 bits per heavy atom. The first-order valence-corrected chi connectivity index (χ1v) is 12.2. The Morgan fingerprint density at radius 3 is 2.95 bits per heavy atom. The summed E-state index contributed by atoms with van der Waals surface area (Å²) < 4.78 is 7.37. The fourth-order valence-electron chi connectivity index (χ4n) is 2.80. The van der Waals surface area contributed by atoms with E-state index < -0.39 is 5.60 Å². The molecule has 3 unspecified atom stereocenters. The third kappa shape index (κ3) is 3.61. The minimum Gasteiger partial charge on any atom is -0.336 e. The van der Waals surface area contributed by atoms with Gasteiger partial charge in [0.05, 0.1) is 6.45 Å². The lowest BCUT2D eigenvalue weighted by Crippen LogP contribution is -2.18. The fourth-order valence-corrected chi connectivity index (χ4v) is 5.71. The van der Waals surface area contributed by atoms with Crippen LogP contribution in [-0.4, -0.2) is 5.78 Å². The summed E-state index contributed by atoms with van der Waals surface area (Å²) >= 11 is 4.06. The Kier molecular flexibility index (Phi) is 5.33. The number of hydrogen-bond acceptors (Lipinski definition) is 3. The third-order valence-corrected chi connectivity index (χ3v) is 6.63. The quantitative estimate of drug-likeness (QED) is 0.321. The van der Waals surface area contributed by atoms with E-state index in [0.717, 1.165) is 12.8 Å². The van der Waals surface area contributed by atoms with Crippen LogP contribution in [0.2, 0.25) is 0 Å². The number of benzene rings is 1. The van der Waals surface area contributed by atoms with Gasteiger partial charge in [-0.25, -0.2) is 0 Å². The van der Waals surface area contributed by atoms with Crippen molar-refractivity contribution in [2.45, 2.75) is 31.8 Å². The highest BCUT2D eigenvalue weighted by atomic mass is 127. The van der Waals surface area contributed by atoms with Gasteiger partial charge >= 0.3 is 0 Å². The molecule has 2 aromatic rings. The number of hydrogen-bond donors (Lipinski definition) is 0. The Bertz CT molecular complexity index is 679. The number of thiophene rings is 1. The lowest BCUT2D eigenvalue weighted by molar-refractivity contribution is -0.117. The lowest BCUT2D eigenvalue weighted by atomic mass is 9.99. The maximum Gasteiger partial charge on any atom is 0.133 e. The number of ketones is 1. The Balaban J connectivity index is 1.89. The van der Waals surface area contributed by atoms with Crippen molar-refractivity contribution in [3.8, 4) is 0 Å². The summed E-state index contributed by atoms with van der Waals surface area (Å²) in [6, 6.07) is 10.6. The smallest absolute Gasteiger partial charge is 0.133 e. The van der Waals surface area contributed by atoms with E-state index in [4.69, 9.17) is 4.52 Å². The zero-order valence-electron chi connectivity index (χ0n) is 12.3. The van der Waals surface area contributed by atoms with Gasteiger partial charge in [-0.05, 0) is 58.8 Å². The minimum absolute atomic E-state index is 0.377. The molecule has 0 radical (unpaired) electrons. The molecule has 1 heterocycles. The zero-order chi connectivity index (χ0) is 15.6. The van der Waals surface area contributed by atoms with Gasteiger partial charge in [-0.3, -0.25) is 4.79 Å². The Morgan fingerprint density at radius 2 is 2.27 bits per heavy atom. The van der Waals surface area contributed by atoms with E-state index in [9.17, 15) is 4.79 Å². The van der Waals surface area contributed by atoms with Crippen molar-refractivity contribution in [2.75, 3.05) is 0 Å². The average molecular weight is 444 g/mol. The third-order valence-electron chi connectivity index (χ3n) is 4.14. The topological polar surface area (TPSA) is 26.3 Å². The molecule has 1 fully saturated rings. The number of allylic oxidation sites excluding steroid dienone is 1. The molecular formula is C17H18IO2PS. The molecule has 3 rings (SSSR count). The van der Waals surface area contributed by atoms with E-state index >= 15 is 0 Å². The molecule has 0 aliphatic heterocycles. The highest BCUT2D eigenvalue weighted by Crippen LogP contribution is 2.43. The predicted molar refractivity (Wildman–Crippen MR) is 104 cm³/mol. The van der Waals surface area contributed by atoms with Crippen molar-refractivity contribution in [3.63, 3.8) is 0 Å².